The average Bonchev–Trinajstić information content (AvgIpc) is 2.76. The van der Waals surface area contributed by atoms with Crippen molar-refractivity contribution in [3.63, 3.8) is 0 Å². The monoisotopic (exact) mass is 491 g/mol. The molecule has 32 heavy (non-hydrogen) atoms. The van der Waals surface area contributed by atoms with Crippen molar-refractivity contribution in [1.82, 2.24) is 5.43 Å². The lowest BCUT2D eigenvalue weighted by molar-refractivity contribution is 0.0730. The minimum atomic E-state index is -0.648. The first-order valence-corrected chi connectivity index (χ1v) is 10.2. The Labute approximate surface area is 198 Å². The van der Waals surface area contributed by atoms with Crippen LogP contribution >= 0.6 is 35.4 Å². The molecule has 0 saturated carbocycles. The lowest BCUT2D eigenvalue weighted by Gasteiger charge is -2.11. The van der Waals surface area contributed by atoms with Crippen molar-refractivity contribution in [2.45, 2.75) is 0 Å². The number of anilines is 1. The molecule has 2 N–H and O–H groups in total. The van der Waals surface area contributed by atoms with Gasteiger partial charge in [-0.05, 0) is 78.4 Å². The van der Waals surface area contributed by atoms with Gasteiger partial charge in [-0.1, -0.05) is 23.2 Å². The number of methoxy groups -OCH3 is 1. The normalized spacial score (nSPS) is 10.6. The molecule has 6 nitrogen and oxygen atoms in total. The van der Waals surface area contributed by atoms with Crippen molar-refractivity contribution in [2.24, 2.45) is 5.10 Å². The number of benzene rings is 3. The maximum absolute atomic E-state index is 12.9. The summed E-state index contributed by atoms with van der Waals surface area (Å²) >= 11 is 17.0. The molecule has 0 aliphatic rings. The molecule has 0 saturated heterocycles. The first-order chi connectivity index (χ1) is 15.4. The second-order valence-corrected chi connectivity index (χ2v) is 7.51. The van der Waals surface area contributed by atoms with Crippen LogP contribution in [0.5, 0.6) is 11.5 Å². The standard InChI is InChI=1S/C22H16Cl2FN3O3S/c1-30-20-10-13(12-26-28-22(32)27-16-6-4-15(25)5-7-16)2-9-19(20)31-21(29)17-8-3-14(23)11-18(17)24/h2-12H,1H3,(H2,27,28,32)/b26-12+. The molecule has 0 radical (unpaired) electrons. The van der Waals surface area contributed by atoms with Gasteiger partial charge in [0, 0.05) is 10.7 Å². The second-order valence-electron chi connectivity index (χ2n) is 6.26. The summed E-state index contributed by atoms with van der Waals surface area (Å²) in [7, 11) is 1.45. The van der Waals surface area contributed by atoms with Crippen molar-refractivity contribution in [2.75, 3.05) is 12.4 Å². The topological polar surface area (TPSA) is 71.9 Å². The highest BCUT2D eigenvalue weighted by Crippen LogP contribution is 2.30. The van der Waals surface area contributed by atoms with Crippen molar-refractivity contribution >= 4 is 58.4 Å². The third-order valence-electron chi connectivity index (χ3n) is 4.02. The van der Waals surface area contributed by atoms with E-state index in [1.54, 1.807) is 36.4 Å². The van der Waals surface area contributed by atoms with Gasteiger partial charge >= 0.3 is 5.97 Å². The highest BCUT2D eigenvalue weighted by Gasteiger charge is 2.16. The molecule has 0 unspecified atom stereocenters. The van der Waals surface area contributed by atoms with Gasteiger partial charge in [0.1, 0.15) is 5.82 Å². The number of nitrogens with one attached hydrogen (secondary N) is 2. The van der Waals surface area contributed by atoms with E-state index < -0.39 is 5.97 Å². The van der Waals surface area contributed by atoms with E-state index in [9.17, 15) is 9.18 Å². The van der Waals surface area contributed by atoms with E-state index in [2.05, 4.69) is 15.8 Å². The molecule has 0 heterocycles. The number of carbonyl (C=O) groups is 1. The van der Waals surface area contributed by atoms with Crippen LogP contribution in [-0.4, -0.2) is 24.4 Å². The average molecular weight is 492 g/mol. The van der Waals surface area contributed by atoms with Crippen LogP contribution in [0.25, 0.3) is 0 Å². The van der Waals surface area contributed by atoms with Gasteiger partial charge in [0.2, 0.25) is 0 Å². The quantitative estimate of drug-likeness (QED) is 0.152. The number of nitrogens with zero attached hydrogens (tertiary/aromatic N) is 1. The van der Waals surface area contributed by atoms with Crippen LogP contribution in [0.4, 0.5) is 10.1 Å². The Morgan fingerprint density at radius 1 is 1.06 bits per heavy atom. The predicted octanol–water partition coefficient (Wildman–Crippen LogP) is 5.68. The SMILES string of the molecule is COc1cc(/C=N/NC(=S)Nc2ccc(F)cc2)ccc1OC(=O)c1ccc(Cl)cc1Cl. The molecule has 0 bridgehead atoms. The minimum absolute atomic E-state index is 0.176. The molecule has 3 rings (SSSR count). The summed E-state index contributed by atoms with van der Waals surface area (Å²) in [4.78, 5) is 12.4. The molecule has 0 spiro atoms. The lowest BCUT2D eigenvalue weighted by atomic mass is 10.2. The van der Waals surface area contributed by atoms with Gasteiger partial charge in [-0.15, -0.1) is 0 Å². The van der Waals surface area contributed by atoms with E-state index in [-0.39, 0.29) is 27.3 Å². The van der Waals surface area contributed by atoms with Crippen LogP contribution in [0, 0.1) is 5.82 Å². The predicted molar refractivity (Wildman–Crippen MR) is 128 cm³/mol. The molecule has 0 fully saturated rings. The summed E-state index contributed by atoms with van der Waals surface area (Å²) in [6, 6.07) is 15.1. The zero-order valence-corrected chi connectivity index (χ0v) is 18.9. The smallest absolute Gasteiger partial charge is 0.345 e. The summed E-state index contributed by atoms with van der Waals surface area (Å²) < 4.78 is 23.7. The van der Waals surface area contributed by atoms with Gasteiger partial charge in [-0.2, -0.15) is 5.10 Å². The van der Waals surface area contributed by atoms with Crippen LogP contribution in [0.15, 0.2) is 65.8 Å². The molecule has 0 aliphatic carbocycles. The molecular weight excluding hydrogens is 476 g/mol. The van der Waals surface area contributed by atoms with Gasteiger partial charge in [0.05, 0.1) is 23.9 Å². The Kier molecular flexibility index (Phi) is 7.99. The van der Waals surface area contributed by atoms with E-state index in [0.717, 1.165) is 0 Å². The van der Waals surface area contributed by atoms with Crippen LogP contribution < -0.4 is 20.2 Å². The molecule has 0 aliphatic heterocycles. The summed E-state index contributed by atoms with van der Waals surface area (Å²) in [6.45, 7) is 0. The zero-order valence-electron chi connectivity index (χ0n) is 16.6. The van der Waals surface area contributed by atoms with E-state index in [1.165, 1.54) is 37.6 Å². The number of esters is 1. The van der Waals surface area contributed by atoms with Crippen LogP contribution in [-0.2, 0) is 0 Å². The maximum atomic E-state index is 12.9. The number of carbonyl (C=O) groups excluding carboxylic acids is 1. The number of halogens is 3. The summed E-state index contributed by atoms with van der Waals surface area (Å²) in [5.41, 5.74) is 4.11. The van der Waals surface area contributed by atoms with E-state index >= 15 is 0 Å². The first kappa shape index (κ1) is 23.5. The molecular formula is C22H16Cl2FN3O3S. The van der Waals surface area contributed by atoms with E-state index in [4.69, 9.17) is 44.9 Å². The number of rotatable bonds is 6. The first-order valence-electron chi connectivity index (χ1n) is 9.06. The summed E-state index contributed by atoms with van der Waals surface area (Å²) in [5.74, 6) is -0.460. The Bertz CT molecular complexity index is 1170. The van der Waals surface area contributed by atoms with E-state index in [0.29, 0.717) is 22.0 Å². The second kappa shape index (κ2) is 10.9. The zero-order chi connectivity index (χ0) is 23.1. The van der Waals surface area contributed by atoms with Gasteiger partial charge in [-0.3, -0.25) is 5.43 Å². The molecule has 0 amide bonds. The minimum Gasteiger partial charge on any atom is -0.493 e. The number of hydrogen-bond acceptors (Lipinski definition) is 5. The highest BCUT2D eigenvalue weighted by molar-refractivity contribution is 7.80. The van der Waals surface area contributed by atoms with Crippen molar-refractivity contribution in [3.8, 4) is 11.5 Å². The van der Waals surface area contributed by atoms with Crippen LogP contribution in [0.3, 0.4) is 0 Å². The fourth-order valence-electron chi connectivity index (χ4n) is 2.52. The molecule has 164 valence electrons. The van der Waals surface area contributed by atoms with E-state index in [1.807, 2.05) is 0 Å². The lowest BCUT2D eigenvalue weighted by Crippen LogP contribution is -2.23. The van der Waals surface area contributed by atoms with Gasteiger partial charge in [0.15, 0.2) is 16.6 Å². The van der Waals surface area contributed by atoms with Gasteiger partial charge in [0.25, 0.3) is 0 Å². The van der Waals surface area contributed by atoms with Crippen molar-refractivity contribution in [1.29, 1.82) is 0 Å². The summed E-state index contributed by atoms with van der Waals surface area (Å²) in [6.07, 6.45) is 1.50. The van der Waals surface area contributed by atoms with Gasteiger partial charge in [-0.25, -0.2) is 9.18 Å². The van der Waals surface area contributed by atoms with Crippen LogP contribution in [0.2, 0.25) is 10.0 Å². The largest absolute Gasteiger partial charge is 0.493 e. The van der Waals surface area contributed by atoms with Crippen LogP contribution in [0.1, 0.15) is 15.9 Å². The Morgan fingerprint density at radius 2 is 1.81 bits per heavy atom. The third-order valence-corrected chi connectivity index (χ3v) is 4.76. The Balaban J connectivity index is 1.63. The summed E-state index contributed by atoms with van der Waals surface area (Å²) in [5, 5.41) is 7.73. The third kappa shape index (κ3) is 6.40. The van der Waals surface area contributed by atoms with Crippen molar-refractivity contribution in [3.05, 3.63) is 87.7 Å². The van der Waals surface area contributed by atoms with Crippen molar-refractivity contribution < 1.29 is 18.7 Å². The molecule has 3 aromatic carbocycles. The number of ether oxygens (including phenoxy) is 2. The fourth-order valence-corrected chi connectivity index (χ4v) is 3.17. The molecule has 3 aromatic rings. The highest BCUT2D eigenvalue weighted by atomic mass is 35.5. The molecule has 0 aromatic heterocycles. The Morgan fingerprint density at radius 3 is 2.50 bits per heavy atom. The number of hydrogen-bond donors (Lipinski definition) is 2. The van der Waals surface area contributed by atoms with Gasteiger partial charge < -0.3 is 14.8 Å². The number of thiocarbonyl (C=S) groups is 1. The fraction of sp³-hybridized carbons (Fsp3) is 0.0455. The molecule has 0 atom stereocenters. The Hall–Kier alpha value is -3.20. The number of hydrazone groups is 1. The molecule has 10 heteroatoms. The maximum Gasteiger partial charge on any atom is 0.345 e.